The van der Waals surface area contributed by atoms with Crippen molar-refractivity contribution in [2.75, 3.05) is 5.75 Å². The second-order valence-electron chi connectivity index (χ2n) is 7.04. The minimum absolute atomic E-state index is 0.00337. The third-order valence-corrected chi connectivity index (χ3v) is 7.02. The molecule has 148 valence electrons. The van der Waals surface area contributed by atoms with E-state index in [9.17, 15) is 4.79 Å². The molecule has 0 bridgehead atoms. The molecule has 3 aromatic rings. The second-order valence-corrected chi connectivity index (χ2v) is 8.96. The first-order valence-corrected chi connectivity index (χ1v) is 11.5. The summed E-state index contributed by atoms with van der Waals surface area (Å²) in [4.78, 5) is 13.6. The molecule has 0 radical (unpaired) electrons. The Morgan fingerprint density at radius 3 is 2.89 bits per heavy atom. The lowest BCUT2D eigenvalue weighted by Gasteiger charge is -2.25. The first kappa shape index (κ1) is 19.3. The van der Waals surface area contributed by atoms with Gasteiger partial charge in [0.25, 0.3) is 0 Å². The molecule has 1 amide bonds. The summed E-state index contributed by atoms with van der Waals surface area (Å²) < 4.78 is 7.75. The number of carbonyl (C=O) groups is 1. The van der Waals surface area contributed by atoms with Gasteiger partial charge in [-0.05, 0) is 43.3 Å². The van der Waals surface area contributed by atoms with Gasteiger partial charge in [0.05, 0.1) is 18.1 Å². The van der Waals surface area contributed by atoms with Gasteiger partial charge < -0.3 is 9.73 Å². The highest BCUT2D eigenvalue weighted by Gasteiger charge is 2.25. The van der Waals surface area contributed by atoms with Gasteiger partial charge in [0.1, 0.15) is 0 Å². The highest BCUT2D eigenvalue weighted by molar-refractivity contribution is 7.99. The number of amides is 1. The maximum atomic E-state index is 12.4. The largest absolute Gasteiger partial charge is 0.461 e. The fourth-order valence-electron chi connectivity index (χ4n) is 3.64. The molecule has 1 aliphatic rings. The van der Waals surface area contributed by atoms with Crippen LogP contribution in [-0.2, 0) is 4.79 Å². The molecule has 0 spiro atoms. The lowest BCUT2D eigenvalue weighted by Crippen LogP contribution is -2.28. The number of hydrogen-bond donors (Lipinski definition) is 1. The zero-order valence-corrected chi connectivity index (χ0v) is 17.5. The molecule has 1 aliphatic carbocycles. The molecule has 1 saturated carbocycles. The number of nitrogens with one attached hydrogen (secondary N) is 1. The van der Waals surface area contributed by atoms with Gasteiger partial charge in [-0.2, -0.15) is 0 Å². The zero-order chi connectivity index (χ0) is 19.3. The number of carbonyl (C=O) groups excluding carboxylic acids is 1. The molecule has 0 aliphatic heterocycles. The highest BCUT2D eigenvalue weighted by atomic mass is 32.2. The van der Waals surface area contributed by atoms with Crippen LogP contribution in [0.1, 0.15) is 56.0 Å². The van der Waals surface area contributed by atoms with Gasteiger partial charge >= 0.3 is 0 Å². The molecular weight excluding hydrogens is 392 g/mol. The maximum Gasteiger partial charge on any atom is 0.230 e. The van der Waals surface area contributed by atoms with E-state index in [1.807, 2.05) is 36.6 Å². The van der Waals surface area contributed by atoms with E-state index in [1.54, 1.807) is 17.6 Å². The van der Waals surface area contributed by atoms with Crippen molar-refractivity contribution in [2.24, 2.45) is 0 Å². The van der Waals surface area contributed by atoms with Crippen molar-refractivity contribution in [2.45, 2.75) is 56.3 Å². The summed E-state index contributed by atoms with van der Waals surface area (Å²) in [5.74, 6) is 1.80. The van der Waals surface area contributed by atoms with Crippen molar-refractivity contribution in [3.8, 4) is 11.6 Å². The minimum Gasteiger partial charge on any atom is -0.461 e. The molecule has 0 aromatic carbocycles. The summed E-state index contributed by atoms with van der Waals surface area (Å²) >= 11 is 3.10. The SMILES string of the molecule is CC(NC(=O)CSc1nnc(-c2ccco2)n1C1CCCCC1)c1cccs1. The highest BCUT2D eigenvalue weighted by Crippen LogP contribution is 2.35. The van der Waals surface area contributed by atoms with Crippen LogP contribution in [-0.4, -0.2) is 26.4 Å². The Hall–Kier alpha value is -2.06. The number of hydrogen-bond acceptors (Lipinski definition) is 6. The van der Waals surface area contributed by atoms with Crippen LogP contribution in [0, 0.1) is 0 Å². The summed E-state index contributed by atoms with van der Waals surface area (Å²) in [7, 11) is 0. The smallest absolute Gasteiger partial charge is 0.230 e. The lowest BCUT2D eigenvalue weighted by atomic mass is 9.95. The van der Waals surface area contributed by atoms with Gasteiger partial charge in [-0.25, -0.2) is 0 Å². The molecule has 3 heterocycles. The van der Waals surface area contributed by atoms with Crippen LogP contribution in [0.3, 0.4) is 0 Å². The third-order valence-electron chi connectivity index (χ3n) is 5.03. The molecule has 1 fully saturated rings. The Bertz CT molecular complexity index is 884. The maximum absolute atomic E-state index is 12.4. The van der Waals surface area contributed by atoms with E-state index in [2.05, 4.69) is 20.1 Å². The molecule has 1 N–H and O–H groups in total. The van der Waals surface area contributed by atoms with Gasteiger partial charge in [0, 0.05) is 10.9 Å². The molecule has 1 unspecified atom stereocenters. The van der Waals surface area contributed by atoms with Crippen LogP contribution in [0.2, 0.25) is 0 Å². The van der Waals surface area contributed by atoms with E-state index in [0.29, 0.717) is 11.8 Å². The van der Waals surface area contributed by atoms with Crippen molar-refractivity contribution in [1.29, 1.82) is 0 Å². The molecule has 8 heteroatoms. The third kappa shape index (κ3) is 4.33. The molecule has 0 saturated heterocycles. The Morgan fingerprint density at radius 1 is 1.32 bits per heavy atom. The van der Waals surface area contributed by atoms with Crippen molar-refractivity contribution >= 4 is 29.0 Å². The second kappa shape index (κ2) is 8.96. The Balaban J connectivity index is 1.47. The quantitative estimate of drug-likeness (QED) is 0.544. The summed E-state index contributed by atoms with van der Waals surface area (Å²) in [5.41, 5.74) is 0. The molecule has 1 atom stereocenters. The van der Waals surface area contributed by atoms with Gasteiger partial charge in [-0.15, -0.1) is 21.5 Å². The minimum atomic E-state index is 0.00337. The van der Waals surface area contributed by atoms with Gasteiger partial charge in [0.15, 0.2) is 10.9 Å². The van der Waals surface area contributed by atoms with E-state index >= 15 is 0 Å². The predicted molar refractivity (Wildman–Crippen MR) is 111 cm³/mol. The number of rotatable bonds is 7. The zero-order valence-electron chi connectivity index (χ0n) is 15.8. The number of aromatic nitrogens is 3. The topological polar surface area (TPSA) is 73.0 Å². The van der Waals surface area contributed by atoms with Crippen molar-refractivity contribution < 1.29 is 9.21 Å². The summed E-state index contributed by atoms with van der Waals surface area (Å²) in [6, 6.07) is 8.19. The number of furan rings is 1. The van der Waals surface area contributed by atoms with E-state index < -0.39 is 0 Å². The first-order chi connectivity index (χ1) is 13.7. The van der Waals surface area contributed by atoms with Gasteiger partial charge in [-0.1, -0.05) is 37.1 Å². The monoisotopic (exact) mass is 416 g/mol. The molecule has 4 rings (SSSR count). The van der Waals surface area contributed by atoms with Crippen molar-refractivity contribution in [3.63, 3.8) is 0 Å². The summed E-state index contributed by atoms with van der Waals surface area (Å²) in [5, 5.41) is 14.6. The molecule has 6 nitrogen and oxygen atoms in total. The Labute approximate surface area is 172 Å². The fraction of sp³-hybridized carbons (Fsp3) is 0.450. The Morgan fingerprint density at radius 2 is 2.18 bits per heavy atom. The molecule has 3 aromatic heterocycles. The number of thiophene rings is 1. The average Bonchev–Trinajstić information content (AvgIpc) is 3.48. The fourth-order valence-corrected chi connectivity index (χ4v) is 5.19. The standard InChI is InChI=1S/C20H24N4O2S2/c1-14(17-10-6-12-27-17)21-18(25)13-28-20-23-22-19(16-9-5-11-26-16)24(20)15-7-3-2-4-8-15/h5-6,9-12,14-15H,2-4,7-8,13H2,1H3,(H,21,25). The lowest BCUT2D eigenvalue weighted by molar-refractivity contribution is -0.119. The van der Waals surface area contributed by atoms with E-state index in [0.717, 1.165) is 34.5 Å². The van der Waals surface area contributed by atoms with E-state index in [1.165, 1.54) is 31.0 Å². The number of thioether (sulfide) groups is 1. The van der Waals surface area contributed by atoms with Gasteiger partial charge in [0.2, 0.25) is 11.7 Å². The van der Waals surface area contributed by atoms with Crippen LogP contribution < -0.4 is 5.32 Å². The van der Waals surface area contributed by atoms with Crippen molar-refractivity contribution in [1.82, 2.24) is 20.1 Å². The molecule has 28 heavy (non-hydrogen) atoms. The van der Waals surface area contributed by atoms with E-state index in [-0.39, 0.29) is 11.9 Å². The normalized spacial score (nSPS) is 16.2. The Kier molecular flexibility index (Phi) is 6.17. The van der Waals surface area contributed by atoms with Crippen LogP contribution in [0.4, 0.5) is 0 Å². The van der Waals surface area contributed by atoms with Crippen LogP contribution in [0.15, 0.2) is 45.5 Å². The summed E-state index contributed by atoms with van der Waals surface area (Å²) in [6.07, 6.45) is 7.58. The number of nitrogens with zero attached hydrogens (tertiary/aromatic N) is 3. The molecular formula is C20H24N4O2S2. The van der Waals surface area contributed by atoms with Gasteiger partial charge in [-0.3, -0.25) is 9.36 Å². The predicted octanol–water partition coefficient (Wildman–Crippen LogP) is 5.07. The summed E-state index contributed by atoms with van der Waals surface area (Å²) in [6.45, 7) is 2.01. The van der Waals surface area contributed by atoms with Crippen molar-refractivity contribution in [3.05, 3.63) is 40.8 Å². The van der Waals surface area contributed by atoms with E-state index in [4.69, 9.17) is 4.42 Å². The first-order valence-electron chi connectivity index (χ1n) is 9.66. The van der Waals surface area contributed by atoms with Crippen LogP contribution in [0.25, 0.3) is 11.6 Å². The van der Waals surface area contributed by atoms with Crippen LogP contribution in [0.5, 0.6) is 0 Å². The average molecular weight is 417 g/mol. The van der Waals surface area contributed by atoms with Crippen LogP contribution >= 0.6 is 23.1 Å².